The van der Waals surface area contributed by atoms with Gasteiger partial charge in [-0.05, 0) is 19.4 Å². The van der Waals surface area contributed by atoms with E-state index in [1.165, 1.54) is 0 Å². The predicted octanol–water partition coefficient (Wildman–Crippen LogP) is 2.02. The lowest BCUT2D eigenvalue weighted by Gasteiger charge is -2.14. The Morgan fingerprint density at radius 3 is 2.53 bits per heavy atom. The molecule has 106 valence electrons. The Kier molecular flexibility index (Phi) is 6.06. The zero-order valence-corrected chi connectivity index (χ0v) is 12.7. The molecule has 2 N–H and O–H groups in total. The van der Waals surface area contributed by atoms with Gasteiger partial charge in [0, 0.05) is 0 Å². The van der Waals surface area contributed by atoms with Gasteiger partial charge in [-0.1, -0.05) is 23.2 Å². The minimum Gasteiger partial charge on any atom is -0.464 e. The Morgan fingerprint density at radius 1 is 1.47 bits per heavy atom. The average Bonchev–Trinajstić information content (AvgIpc) is 2.63. The fourth-order valence-electron chi connectivity index (χ4n) is 1.32. The Morgan fingerprint density at radius 2 is 2.11 bits per heavy atom. The number of esters is 1. The van der Waals surface area contributed by atoms with Crippen LogP contribution in [0.25, 0.3) is 0 Å². The van der Waals surface area contributed by atoms with Crippen molar-refractivity contribution in [2.24, 2.45) is 0 Å². The number of carbonyl (C=O) groups is 2. The molecule has 1 aromatic rings. The molecule has 0 saturated heterocycles. The van der Waals surface area contributed by atoms with Gasteiger partial charge in [-0.15, -0.1) is 11.3 Å². The highest BCUT2D eigenvalue weighted by atomic mass is 35.5. The van der Waals surface area contributed by atoms with Crippen LogP contribution >= 0.6 is 34.5 Å². The maximum atomic E-state index is 12.0. The minimum absolute atomic E-state index is 0.168. The standard InChI is InChI=1S/C11H13Cl2NO4S/c1-3-18-11(17)6(4-15)14-10(16)8-5(2)7(12)9(13)19-8/h6,15H,3-4H2,1-2H3,(H,14,16). The molecule has 1 atom stereocenters. The van der Waals surface area contributed by atoms with E-state index in [4.69, 9.17) is 33.0 Å². The molecule has 0 radical (unpaired) electrons. The van der Waals surface area contributed by atoms with E-state index in [0.29, 0.717) is 19.8 Å². The SMILES string of the molecule is CCOC(=O)C(CO)NC(=O)c1sc(Cl)c(Cl)c1C. The monoisotopic (exact) mass is 325 g/mol. The minimum atomic E-state index is -1.11. The lowest BCUT2D eigenvalue weighted by molar-refractivity contribution is -0.146. The Bertz CT molecular complexity index is 489. The number of hydrogen-bond donors (Lipinski definition) is 2. The quantitative estimate of drug-likeness (QED) is 0.812. The molecule has 1 unspecified atom stereocenters. The third kappa shape index (κ3) is 3.82. The molecule has 0 fully saturated rings. The van der Waals surface area contributed by atoms with Crippen LogP contribution in [0.1, 0.15) is 22.2 Å². The lowest BCUT2D eigenvalue weighted by atomic mass is 10.2. The Hall–Kier alpha value is -0.820. The summed E-state index contributed by atoms with van der Waals surface area (Å²) in [6.07, 6.45) is 0. The second-order valence-corrected chi connectivity index (χ2v) is 5.61. The van der Waals surface area contributed by atoms with E-state index in [-0.39, 0.29) is 6.61 Å². The number of hydrogen-bond acceptors (Lipinski definition) is 5. The van der Waals surface area contributed by atoms with Gasteiger partial charge in [-0.25, -0.2) is 4.79 Å². The summed E-state index contributed by atoms with van der Waals surface area (Å²) in [7, 11) is 0. The fraction of sp³-hybridized carbons (Fsp3) is 0.455. The van der Waals surface area contributed by atoms with Gasteiger partial charge in [0.1, 0.15) is 4.34 Å². The molecule has 0 bridgehead atoms. The first-order chi connectivity index (χ1) is 8.92. The topological polar surface area (TPSA) is 75.6 Å². The maximum Gasteiger partial charge on any atom is 0.331 e. The highest BCUT2D eigenvalue weighted by Crippen LogP contribution is 2.36. The van der Waals surface area contributed by atoms with Crippen molar-refractivity contribution in [1.82, 2.24) is 5.32 Å². The molecule has 1 rings (SSSR count). The van der Waals surface area contributed by atoms with E-state index in [1.54, 1.807) is 13.8 Å². The van der Waals surface area contributed by atoms with Gasteiger partial charge in [0.05, 0.1) is 23.1 Å². The largest absolute Gasteiger partial charge is 0.464 e. The zero-order chi connectivity index (χ0) is 14.6. The highest BCUT2D eigenvalue weighted by molar-refractivity contribution is 7.19. The van der Waals surface area contributed by atoms with Crippen molar-refractivity contribution >= 4 is 46.4 Å². The average molecular weight is 326 g/mol. The molecule has 0 aliphatic carbocycles. The number of aliphatic hydroxyl groups excluding tert-OH is 1. The van der Waals surface area contributed by atoms with E-state index in [2.05, 4.69) is 5.32 Å². The van der Waals surface area contributed by atoms with Crippen LogP contribution in [0.5, 0.6) is 0 Å². The van der Waals surface area contributed by atoms with E-state index in [9.17, 15) is 9.59 Å². The van der Waals surface area contributed by atoms with Gasteiger partial charge in [0.15, 0.2) is 6.04 Å². The molecule has 8 heteroatoms. The number of halogens is 2. The van der Waals surface area contributed by atoms with Crippen LogP contribution < -0.4 is 5.32 Å². The fourth-order valence-corrected chi connectivity index (χ4v) is 2.79. The lowest BCUT2D eigenvalue weighted by Crippen LogP contribution is -2.44. The van der Waals surface area contributed by atoms with Crippen LogP contribution in [0, 0.1) is 6.92 Å². The van der Waals surface area contributed by atoms with Crippen LogP contribution in [-0.2, 0) is 9.53 Å². The van der Waals surface area contributed by atoms with E-state index < -0.39 is 24.5 Å². The van der Waals surface area contributed by atoms with Crippen LogP contribution in [0.4, 0.5) is 0 Å². The van der Waals surface area contributed by atoms with Gasteiger partial charge in [0.25, 0.3) is 5.91 Å². The molecule has 0 saturated carbocycles. The van der Waals surface area contributed by atoms with E-state index in [0.717, 1.165) is 11.3 Å². The normalized spacial score (nSPS) is 12.1. The first kappa shape index (κ1) is 16.2. The predicted molar refractivity (Wildman–Crippen MR) is 74.0 cm³/mol. The zero-order valence-electron chi connectivity index (χ0n) is 10.3. The van der Waals surface area contributed by atoms with Gasteiger partial charge in [-0.3, -0.25) is 4.79 Å². The first-order valence-electron chi connectivity index (χ1n) is 5.45. The van der Waals surface area contributed by atoms with Crippen LogP contribution in [0.2, 0.25) is 9.36 Å². The van der Waals surface area contributed by atoms with Crippen molar-refractivity contribution in [2.75, 3.05) is 13.2 Å². The Balaban J connectivity index is 2.83. The molecular weight excluding hydrogens is 313 g/mol. The van der Waals surface area contributed by atoms with Crippen molar-refractivity contribution in [2.45, 2.75) is 19.9 Å². The summed E-state index contributed by atoms with van der Waals surface area (Å²) >= 11 is 12.7. The van der Waals surface area contributed by atoms with Crippen LogP contribution in [0.3, 0.4) is 0 Å². The molecule has 1 amide bonds. The number of carbonyl (C=O) groups excluding carboxylic acids is 2. The van der Waals surface area contributed by atoms with Gasteiger partial charge < -0.3 is 15.2 Å². The third-order valence-corrected chi connectivity index (χ3v) is 4.48. The summed E-state index contributed by atoms with van der Waals surface area (Å²) in [6, 6.07) is -1.11. The van der Waals surface area contributed by atoms with Gasteiger partial charge in [-0.2, -0.15) is 0 Å². The smallest absolute Gasteiger partial charge is 0.331 e. The number of amides is 1. The second-order valence-electron chi connectivity index (χ2n) is 3.60. The molecule has 0 aromatic carbocycles. The molecule has 0 aliphatic rings. The molecular formula is C11H13Cl2NO4S. The summed E-state index contributed by atoms with van der Waals surface area (Å²) < 4.78 is 5.03. The summed E-state index contributed by atoms with van der Waals surface area (Å²) in [5, 5.41) is 11.8. The molecule has 1 aromatic heterocycles. The van der Waals surface area contributed by atoms with Crippen LogP contribution in [-0.4, -0.2) is 36.2 Å². The van der Waals surface area contributed by atoms with Gasteiger partial charge in [0.2, 0.25) is 0 Å². The van der Waals surface area contributed by atoms with Crippen LogP contribution in [0.15, 0.2) is 0 Å². The summed E-state index contributed by atoms with van der Waals surface area (Å²) in [5.74, 6) is -1.21. The molecule has 5 nitrogen and oxygen atoms in total. The molecule has 0 spiro atoms. The summed E-state index contributed by atoms with van der Waals surface area (Å²) in [5.41, 5.74) is 0.537. The molecule has 1 heterocycles. The molecule has 0 aliphatic heterocycles. The number of nitrogens with one attached hydrogen (secondary N) is 1. The Labute approximate surface area is 124 Å². The number of ether oxygens (including phenoxy) is 1. The highest BCUT2D eigenvalue weighted by Gasteiger charge is 2.25. The molecule has 19 heavy (non-hydrogen) atoms. The van der Waals surface area contributed by atoms with Crippen molar-refractivity contribution in [3.63, 3.8) is 0 Å². The number of rotatable bonds is 5. The van der Waals surface area contributed by atoms with Gasteiger partial charge >= 0.3 is 5.97 Å². The van der Waals surface area contributed by atoms with Crippen molar-refractivity contribution in [3.8, 4) is 0 Å². The number of thiophene rings is 1. The van der Waals surface area contributed by atoms with Crippen molar-refractivity contribution in [1.29, 1.82) is 0 Å². The second kappa shape index (κ2) is 7.09. The summed E-state index contributed by atoms with van der Waals surface area (Å²) in [4.78, 5) is 23.7. The van der Waals surface area contributed by atoms with Crippen molar-refractivity contribution in [3.05, 3.63) is 19.8 Å². The first-order valence-corrected chi connectivity index (χ1v) is 7.02. The van der Waals surface area contributed by atoms with E-state index >= 15 is 0 Å². The maximum absolute atomic E-state index is 12.0. The summed E-state index contributed by atoms with van der Waals surface area (Å²) in [6.45, 7) is 2.91. The van der Waals surface area contributed by atoms with Crippen molar-refractivity contribution < 1.29 is 19.4 Å². The number of aliphatic hydroxyl groups is 1. The third-order valence-electron chi connectivity index (χ3n) is 2.30. The van der Waals surface area contributed by atoms with E-state index in [1.807, 2.05) is 0 Å².